The second-order valence-corrected chi connectivity index (χ2v) is 6.96. The Balaban J connectivity index is 2.15. The highest BCUT2D eigenvalue weighted by atomic mass is 32.2. The van der Waals surface area contributed by atoms with E-state index in [1.807, 2.05) is 0 Å². The number of methoxy groups -OCH3 is 1. The van der Waals surface area contributed by atoms with Crippen molar-refractivity contribution in [3.8, 4) is 0 Å². The van der Waals surface area contributed by atoms with Gasteiger partial charge >= 0.3 is 0 Å². The van der Waals surface area contributed by atoms with Gasteiger partial charge in [0.1, 0.15) is 5.82 Å². The first-order chi connectivity index (χ1) is 9.43. The maximum absolute atomic E-state index is 13.3. The average Bonchev–Trinajstić information content (AvgIpc) is 2.38. The summed E-state index contributed by atoms with van der Waals surface area (Å²) in [7, 11) is -2.04. The van der Waals surface area contributed by atoms with Gasteiger partial charge in [-0.2, -0.15) is 4.31 Å². The van der Waals surface area contributed by atoms with Crippen molar-refractivity contribution >= 4 is 15.7 Å². The fourth-order valence-electron chi connectivity index (χ4n) is 2.43. The van der Waals surface area contributed by atoms with Crippen molar-refractivity contribution in [3.05, 3.63) is 24.0 Å². The first-order valence-corrected chi connectivity index (χ1v) is 7.92. The van der Waals surface area contributed by atoms with Crippen LogP contribution < -0.4 is 5.73 Å². The smallest absolute Gasteiger partial charge is 0.243 e. The normalized spacial score (nSPS) is 18.3. The Hall–Kier alpha value is -1.18. The molecule has 1 heterocycles. The molecule has 1 aliphatic heterocycles. The molecule has 0 saturated carbocycles. The molecule has 0 bridgehead atoms. The van der Waals surface area contributed by atoms with Gasteiger partial charge in [-0.15, -0.1) is 0 Å². The van der Waals surface area contributed by atoms with Crippen molar-refractivity contribution in [1.82, 2.24) is 4.31 Å². The minimum absolute atomic E-state index is 0.0832. The van der Waals surface area contributed by atoms with Crippen LogP contribution in [0.2, 0.25) is 0 Å². The number of nitrogens with zero attached hydrogens (tertiary/aromatic N) is 1. The molecule has 2 rings (SSSR count). The Bertz CT molecular complexity index is 549. The topological polar surface area (TPSA) is 72.6 Å². The maximum atomic E-state index is 13.3. The Morgan fingerprint density at radius 3 is 2.55 bits per heavy atom. The minimum Gasteiger partial charge on any atom is -0.399 e. The van der Waals surface area contributed by atoms with Crippen LogP contribution in [0.1, 0.15) is 12.8 Å². The number of piperidine rings is 1. The molecule has 20 heavy (non-hydrogen) atoms. The van der Waals surface area contributed by atoms with Gasteiger partial charge in [-0.25, -0.2) is 12.8 Å². The Morgan fingerprint density at radius 1 is 1.35 bits per heavy atom. The van der Waals surface area contributed by atoms with E-state index in [0.29, 0.717) is 25.6 Å². The molecule has 0 aromatic heterocycles. The predicted molar refractivity (Wildman–Crippen MR) is 74.2 cm³/mol. The van der Waals surface area contributed by atoms with Crippen molar-refractivity contribution in [2.75, 3.05) is 32.5 Å². The van der Waals surface area contributed by atoms with Gasteiger partial charge < -0.3 is 10.5 Å². The molecule has 0 spiro atoms. The molecule has 0 unspecified atom stereocenters. The molecule has 1 aromatic rings. The molecule has 1 fully saturated rings. The van der Waals surface area contributed by atoms with Gasteiger partial charge in [0.2, 0.25) is 10.0 Å². The van der Waals surface area contributed by atoms with E-state index in [1.165, 1.54) is 10.4 Å². The summed E-state index contributed by atoms with van der Waals surface area (Å²) < 4.78 is 44.6. The van der Waals surface area contributed by atoms with E-state index in [9.17, 15) is 12.8 Å². The minimum atomic E-state index is -3.67. The summed E-state index contributed by atoms with van der Waals surface area (Å²) in [6.07, 6.45) is 1.50. The second kappa shape index (κ2) is 6.07. The molecule has 112 valence electrons. The first kappa shape index (κ1) is 15.2. The number of rotatable bonds is 4. The van der Waals surface area contributed by atoms with E-state index in [0.717, 1.165) is 25.0 Å². The number of sulfonamides is 1. The highest BCUT2D eigenvalue weighted by Crippen LogP contribution is 2.25. The molecular weight excluding hydrogens is 283 g/mol. The fraction of sp³-hybridized carbons (Fsp3) is 0.538. The highest BCUT2D eigenvalue weighted by Gasteiger charge is 2.29. The Labute approximate surface area is 118 Å². The number of hydrogen-bond donors (Lipinski definition) is 1. The van der Waals surface area contributed by atoms with Crippen LogP contribution >= 0.6 is 0 Å². The van der Waals surface area contributed by atoms with Crippen molar-refractivity contribution in [3.63, 3.8) is 0 Å². The average molecular weight is 302 g/mol. The standard InChI is InChI=1S/C13H19FN2O3S/c1-19-9-10-2-4-16(5-3-10)20(17,18)13-7-11(14)6-12(15)8-13/h6-8,10H,2-5,9,15H2,1H3. The molecular formula is C13H19FN2O3S. The van der Waals surface area contributed by atoms with E-state index < -0.39 is 15.8 Å². The summed E-state index contributed by atoms with van der Waals surface area (Å²) in [6.45, 7) is 1.49. The van der Waals surface area contributed by atoms with E-state index in [1.54, 1.807) is 7.11 Å². The Kier molecular flexibility index (Phi) is 4.62. The molecule has 5 nitrogen and oxygen atoms in total. The zero-order chi connectivity index (χ0) is 14.8. The lowest BCUT2D eigenvalue weighted by atomic mass is 9.99. The Morgan fingerprint density at radius 2 is 2.00 bits per heavy atom. The fourth-order valence-corrected chi connectivity index (χ4v) is 3.97. The molecule has 1 aromatic carbocycles. The summed E-state index contributed by atoms with van der Waals surface area (Å²) >= 11 is 0. The van der Waals surface area contributed by atoms with Crippen LogP contribution in [0.15, 0.2) is 23.1 Å². The third-order valence-electron chi connectivity index (χ3n) is 3.51. The van der Waals surface area contributed by atoms with Crippen molar-refractivity contribution in [2.24, 2.45) is 5.92 Å². The van der Waals surface area contributed by atoms with Gasteiger partial charge in [0.25, 0.3) is 0 Å². The molecule has 1 aliphatic rings. The van der Waals surface area contributed by atoms with Crippen molar-refractivity contribution in [2.45, 2.75) is 17.7 Å². The monoisotopic (exact) mass is 302 g/mol. The van der Waals surface area contributed by atoms with Crippen LogP contribution in [0, 0.1) is 11.7 Å². The van der Waals surface area contributed by atoms with Crippen LogP contribution in [0.3, 0.4) is 0 Å². The lowest BCUT2D eigenvalue weighted by molar-refractivity contribution is 0.121. The quantitative estimate of drug-likeness (QED) is 0.855. The predicted octanol–water partition coefficient (Wildman–Crippen LogP) is 1.45. The van der Waals surface area contributed by atoms with Crippen molar-refractivity contribution in [1.29, 1.82) is 0 Å². The molecule has 7 heteroatoms. The van der Waals surface area contributed by atoms with E-state index in [2.05, 4.69) is 0 Å². The highest BCUT2D eigenvalue weighted by molar-refractivity contribution is 7.89. The van der Waals surface area contributed by atoms with E-state index in [4.69, 9.17) is 10.5 Å². The second-order valence-electron chi connectivity index (χ2n) is 5.02. The van der Waals surface area contributed by atoms with Crippen LogP contribution in [-0.2, 0) is 14.8 Å². The van der Waals surface area contributed by atoms with Crippen LogP contribution in [0.5, 0.6) is 0 Å². The maximum Gasteiger partial charge on any atom is 0.243 e. The lowest BCUT2D eigenvalue weighted by Crippen LogP contribution is -2.39. The number of nitrogens with two attached hydrogens (primary N) is 1. The molecule has 0 atom stereocenters. The zero-order valence-corrected chi connectivity index (χ0v) is 12.2. The molecule has 0 aliphatic carbocycles. The van der Waals surface area contributed by atoms with E-state index >= 15 is 0 Å². The molecule has 0 amide bonds. The van der Waals surface area contributed by atoms with Crippen LogP contribution in [0.25, 0.3) is 0 Å². The number of anilines is 1. The summed E-state index contributed by atoms with van der Waals surface area (Å²) in [6, 6.07) is 3.40. The number of nitrogen functional groups attached to an aromatic ring is 1. The van der Waals surface area contributed by atoms with Crippen molar-refractivity contribution < 1.29 is 17.5 Å². The van der Waals surface area contributed by atoms with Crippen LogP contribution in [-0.4, -0.2) is 39.5 Å². The molecule has 1 saturated heterocycles. The summed E-state index contributed by atoms with van der Waals surface area (Å²) in [4.78, 5) is -0.0832. The summed E-state index contributed by atoms with van der Waals surface area (Å²) in [5, 5.41) is 0. The number of hydrogen-bond acceptors (Lipinski definition) is 4. The van der Waals surface area contributed by atoms with Gasteiger partial charge in [0, 0.05) is 32.5 Å². The molecule has 0 radical (unpaired) electrons. The SMILES string of the molecule is COCC1CCN(S(=O)(=O)c2cc(N)cc(F)c2)CC1. The van der Waals surface area contributed by atoms with E-state index in [-0.39, 0.29) is 10.6 Å². The van der Waals surface area contributed by atoms with Crippen LogP contribution in [0.4, 0.5) is 10.1 Å². The number of benzene rings is 1. The lowest BCUT2D eigenvalue weighted by Gasteiger charge is -2.30. The number of halogens is 1. The third kappa shape index (κ3) is 3.28. The number of ether oxygens (including phenoxy) is 1. The van der Waals surface area contributed by atoms with Gasteiger partial charge in [0.15, 0.2) is 0 Å². The van der Waals surface area contributed by atoms with Gasteiger partial charge in [-0.05, 0) is 37.0 Å². The molecule has 2 N–H and O–H groups in total. The third-order valence-corrected chi connectivity index (χ3v) is 5.38. The van der Waals surface area contributed by atoms with Gasteiger partial charge in [-0.1, -0.05) is 0 Å². The first-order valence-electron chi connectivity index (χ1n) is 6.48. The van der Waals surface area contributed by atoms with Gasteiger partial charge in [0.05, 0.1) is 4.90 Å². The van der Waals surface area contributed by atoms with Gasteiger partial charge in [-0.3, -0.25) is 0 Å². The largest absolute Gasteiger partial charge is 0.399 e. The summed E-state index contributed by atoms with van der Waals surface area (Å²) in [5.41, 5.74) is 5.62. The zero-order valence-electron chi connectivity index (χ0n) is 11.4. The summed E-state index contributed by atoms with van der Waals surface area (Å²) in [5.74, 6) is -0.262.